The van der Waals surface area contributed by atoms with Crippen molar-refractivity contribution in [2.45, 2.75) is 23.1 Å². The van der Waals surface area contributed by atoms with Gasteiger partial charge in [-0.25, -0.2) is 8.42 Å². The number of benzene rings is 1. The summed E-state index contributed by atoms with van der Waals surface area (Å²) in [7, 11) is -3.35. The minimum Gasteiger partial charge on any atom is -0.284 e. The average Bonchev–Trinajstić information content (AvgIpc) is 2.26. The minimum absolute atomic E-state index is 0.0136. The number of sulfonamides is 1. The Labute approximate surface area is 142 Å². The van der Waals surface area contributed by atoms with Gasteiger partial charge < -0.3 is 0 Å². The molecule has 0 saturated heterocycles. The third-order valence-corrected chi connectivity index (χ3v) is 4.90. The molecular formula is C11H13Cl3INO2S. The highest BCUT2D eigenvalue weighted by Gasteiger charge is 2.19. The third kappa shape index (κ3) is 8.45. The Morgan fingerprint density at radius 1 is 1.11 bits per heavy atom. The van der Waals surface area contributed by atoms with E-state index in [1.54, 1.807) is 12.1 Å². The van der Waals surface area contributed by atoms with Gasteiger partial charge in [-0.2, -0.15) is 0 Å². The van der Waals surface area contributed by atoms with Crippen molar-refractivity contribution in [1.29, 1.82) is 0 Å². The van der Waals surface area contributed by atoms with Gasteiger partial charge in [-0.1, -0.05) is 34.8 Å². The highest BCUT2D eigenvalue weighted by molar-refractivity contribution is 14.1. The molecule has 0 aliphatic carbocycles. The number of alkyl halides is 3. The van der Waals surface area contributed by atoms with E-state index in [0.29, 0.717) is 24.9 Å². The van der Waals surface area contributed by atoms with Crippen molar-refractivity contribution in [3.63, 3.8) is 0 Å². The topological polar surface area (TPSA) is 46.2 Å². The lowest BCUT2D eigenvalue weighted by Gasteiger charge is -2.11. The molecule has 0 aromatic heterocycles. The lowest BCUT2D eigenvalue weighted by Crippen LogP contribution is -2.17. The molecule has 1 aromatic carbocycles. The van der Waals surface area contributed by atoms with Crippen LogP contribution >= 0.6 is 57.4 Å². The molecule has 19 heavy (non-hydrogen) atoms. The monoisotopic (exact) mass is 455 g/mol. The van der Waals surface area contributed by atoms with Gasteiger partial charge in [-0.3, -0.25) is 4.72 Å². The summed E-state index contributed by atoms with van der Waals surface area (Å²) in [6, 6.07) is 7.11. The zero-order valence-corrected chi connectivity index (χ0v) is 15.1. The molecule has 0 radical (unpaired) electrons. The summed E-state index contributed by atoms with van der Waals surface area (Å²) < 4.78 is 25.8. The van der Waals surface area contributed by atoms with Crippen LogP contribution in [0.25, 0.3) is 0 Å². The first-order valence-electron chi connectivity index (χ1n) is 5.51. The second kappa shape index (κ2) is 7.54. The number of hydrogen-bond acceptors (Lipinski definition) is 2. The number of anilines is 1. The summed E-state index contributed by atoms with van der Waals surface area (Å²) >= 11 is 18.9. The van der Waals surface area contributed by atoms with Crippen LogP contribution in [0.4, 0.5) is 5.69 Å². The van der Waals surface area contributed by atoms with Gasteiger partial charge >= 0.3 is 0 Å². The normalized spacial score (nSPS) is 12.4. The Morgan fingerprint density at radius 3 is 2.21 bits per heavy atom. The van der Waals surface area contributed by atoms with Crippen LogP contribution in [0.5, 0.6) is 0 Å². The molecule has 0 heterocycles. The first kappa shape index (κ1) is 17.6. The fourth-order valence-corrected chi connectivity index (χ4v) is 3.31. The van der Waals surface area contributed by atoms with E-state index in [-0.39, 0.29) is 5.75 Å². The van der Waals surface area contributed by atoms with Gasteiger partial charge in [0.1, 0.15) is 0 Å². The summed E-state index contributed by atoms with van der Waals surface area (Å²) in [5, 5.41) is 0. The molecule has 1 N–H and O–H groups in total. The fourth-order valence-electron chi connectivity index (χ4n) is 1.37. The van der Waals surface area contributed by atoms with Gasteiger partial charge in [0.15, 0.2) is 3.79 Å². The largest absolute Gasteiger partial charge is 0.284 e. The summed E-state index contributed by atoms with van der Waals surface area (Å²) in [5.74, 6) is 0.0136. The van der Waals surface area contributed by atoms with E-state index in [1.165, 1.54) is 0 Å². The van der Waals surface area contributed by atoms with Crippen LogP contribution in [0.3, 0.4) is 0 Å². The first-order valence-corrected chi connectivity index (χ1v) is 9.37. The van der Waals surface area contributed by atoms with Crippen LogP contribution in [0, 0.1) is 3.57 Å². The molecule has 8 heteroatoms. The quantitative estimate of drug-likeness (QED) is 0.387. The van der Waals surface area contributed by atoms with Crippen molar-refractivity contribution < 1.29 is 8.42 Å². The Balaban J connectivity index is 2.42. The van der Waals surface area contributed by atoms with Crippen LogP contribution in [0.15, 0.2) is 24.3 Å². The molecule has 0 unspecified atom stereocenters. The Hall–Kier alpha value is 0.570. The molecule has 0 bridgehead atoms. The molecule has 1 aromatic rings. The molecule has 0 atom stereocenters. The SMILES string of the molecule is O=S(=O)(CCCCC(Cl)(Cl)Cl)Nc1ccc(I)cc1. The lowest BCUT2D eigenvalue weighted by atomic mass is 10.3. The number of nitrogens with one attached hydrogen (secondary N) is 1. The minimum atomic E-state index is -3.35. The van der Waals surface area contributed by atoms with E-state index >= 15 is 0 Å². The Bertz CT molecular complexity index is 500. The van der Waals surface area contributed by atoms with E-state index in [9.17, 15) is 8.42 Å². The molecule has 108 valence electrons. The smallest absolute Gasteiger partial charge is 0.232 e. The summed E-state index contributed by atoms with van der Waals surface area (Å²) in [6.45, 7) is 0. The fraction of sp³-hybridized carbons (Fsp3) is 0.455. The van der Waals surface area contributed by atoms with Crippen molar-refractivity contribution in [3.05, 3.63) is 27.8 Å². The molecule has 0 amide bonds. The molecule has 1 rings (SSSR count). The van der Waals surface area contributed by atoms with Crippen molar-refractivity contribution >= 4 is 73.1 Å². The highest BCUT2D eigenvalue weighted by Crippen LogP contribution is 2.31. The van der Waals surface area contributed by atoms with Crippen molar-refractivity contribution in [1.82, 2.24) is 0 Å². The predicted octanol–water partition coefficient (Wildman–Crippen LogP) is 4.57. The van der Waals surface area contributed by atoms with Gasteiger partial charge in [0.2, 0.25) is 10.0 Å². The van der Waals surface area contributed by atoms with E-state index in [2.05, 4.69) is 27.3 Å². The second-order valence-electron chi connectivity index (χ2n) is 4.00. The number of unbranched alkanes of at least 4 members (excludes halogenated alkanes) is 1. The Kier molecular flexibility index (Phi) is 6.99. The molecule has 0 spiro atoms. The van der Waals surface area contributed by atoms with E-state index in [4.69, 9.17) is 34.8 Å². The van der Waals surface area contributed by atoms with Crippen LogP contribution in [0.1, 0.15) is 19.3 Å². The van der Waals surface area contributed by atoms with Gasteiger partial charge in [0.05, 0.1) is 5.75 Å². The van der Waals surface area contributed by atoms with Crippen molar-refractivity contribution in [2.75, 3.05) is 10.5 Å². The van der Waals surface area contributed by atoms with Crippen molar-refractivity contribution in [2.24, 2.45) is 0 Å². The predicted molar refractivity (Wildman–Crippen MR) is 90.7 cm³/mol. The molecule has 3 nitrogen and oxygen atoms in total. The Morgan fingerprint density at radius 2 is 1.68 bits per heavy atom. The van der Waals surface area contributed by atoms with E-state index in [1.807, 2.05) is 12.1 Å². The zero-order valence-electron chi connectivity index (χ0n) is 9.87. The van der Waals surface area contributed by atoms with Gasteiger partial charge in [-0.15, -0.1) is 0 Å². The van der Waals surface area contributed by atoms with Gasteiger partial charge in [0, 0.05) is 9.26 Å². The molecular weight excluding hydrogens is 443 g/mol. The van der Waals surface area contributed by atoms with Crippen LogP contribution < -0.4 is 4.72 Å². The van der Waals surface area contributed by atoms with Gasteiger partial charge in [-0.05, 0) is 66.1 Å². The maximum absolute atomic E-state index is 11.8. The average molecular weight is 457 g/mol. The van der Waals surface area contributed by atoms with Crippen molar-refractivity contribution in [3.8, 4) is 0 Å². The highest BCUT2D eigenvalue weighted by atomic mass is 127. The van der Waals surface area contributed by atoms with E-state index < -0.39 is 13.8 Å². The first-order chi connectivity index (χ1) is 8.68. The van der Waals surface area contributed by atoms with Gasteiger partial charge in [0.25, 0.3) is 0 Å². The molecule has 0 aliphatic rings. The molecule has 0 aliphatic heterocycles. The standard InChI is InChI=1S/C11H13Cl3INO2S/c12-11(13,14)7-1-2-8-19(17,18)16-10-5-3-9(15)4-6-10/h3-6,16H,1-2,7-8H2. The van der Waals surface area contributed by atoms with Crippen LogP contribution in [-0.4, -0.2) is 18.0 Å². The van der Waals surface area contributed by atoms with Crippen LogP contribution in [0.2, 0.25) is 0 Å². The summed E-state index contributed by atoms with van der Waals surface area (Å²) in [5.41, 5.74) is 0.557. The molecule has 0 saturated carbocycles. The maximum Gasteiger partial charge on any atom is 0.232 e. The third-order valence-electron chi connectivity index (χ3n) is 2.24. The number of rotatable bonds is 6. The van der Waals surface area contributed by atoms with E-state index in [0.717, 1.165) is 3.57 Å². The maximum atomic E-state index is 11.8. The second-order valence-corrected chi connectivity index (χ2v) is 9.60. The molecule has 0 fully saturated rings. The summed E-state index contributed by atoms with van der Waals surface area (Å²) in [4.78, 5) is 0. The summed E-state index contributed by atoms with van der Waals surface area (Å²) in [6.07, 6.45) is 1.34. The zero-order chi connectivity index (χ0) is 14.5. The lowest BCUT2D eigenvalue weighted by molar-refractivity contribution is 0.595. The number of hydrogen-bond donors (Lipinski definition) is 1. The number of halogens is 4. The van der Waals surface area contributed by atoms with Crippen LogP contribution in [-0.2, 0) is 10.0 Å².